The molecule has 6 nitrogen and oxygen atoms in total. The zero-order chi connectivity index (χ0) is 16.6. The van der Waals surface area contributed by atoms with Crippen LogP contribution >= 0.6 is 27.5 Å². The molecule has 0 fully saturated rings. The van der Waals surface area contributed by atoms with Gasteiger partial charge in [-0.05, 0) is 17.7 Å². The number of amides is 1. The third-order valence-electron chi connectivity index (χ3n) is 3.41. The molecule has 0 saturated heterocycles. The summed E-state index contributed by atoms with van der Waals surface area (Å²) in [6, 6.07) is 5.23. The molecule has 1 aromatic heterocycles. The average Bonchev–Trinajstić information content (AvgIpc) is 2.44. The zero-order valence-electron chi connectivity index (χ0n) is 11.9. The molecule has 0 spiro atoms. The molecule has 2 N–H and O–H groups in total. The highest BCUT2D eigenvalue weighted by Gasteiger charge is 2.20. The summed E-state index contributed by atoms with van der Waals surface area (Å²) in [4.78, 5) is 35.8. The van der Waals surface area contributed by atoms with Crippen LogP contribution in [-0.4, -0.2) is 15.0 Å². The van der Waals surface area contributed by atoms with Crippen molar-refractivity contribution in [3.05, 3.63) is 65.4 Å². The van der Waals surface area contributed by atoms with E-state index >= 15 is 0 Å². The van der Waals surface area contributed by atoms with Crippen molar-refractivity contribution in [2.24, 2.45) is 19.8 Å². The normalized spacial score (nSPS) is 10.7. The highest BCUT2D eigenvalue weighted by atomic mass is 79.9. The third kappa shape index (κ3) is 2.86. The Morgan fingerprint density at radius 2 is 1.91 bits per heavy atom. The van der Waals surface area contributed by atoms with Gasteiger partial charge in [0.15, 0.2) is 0 Å². The maximum atomic E-state index is 12.1. The number of aromatic nitrogens is 2. The van der Waals surface area contributed by atoms with Gasteiger partial charge in [0.2, 0.25) is 0 Å². The first-order valence-electron chi connectivity index (χ1n) is 6.26. The van der Waals surface area contributed by atoms with Crippen molar-refractivity contribution >= 4 is 33.4 Å². The second-order valence-electron chi connectivity index (χ2n) is 4.80. The Labute approximate surface area is 139 Å². The fourth-order valence-electron chi connectivity index (χ4n) is 2.19. The fourth-order valence-corrected chi connectivity index (χ4v) is 2.93. The molecular weight excluding hydrogens is 374 g/mol. The monoisotopic (exact) mass is 385 g/mol. The van der Waals surface area contributed by atoms with Crippen molar-refractivity contribution in [2.45, 2.75) is 6.42 Å². The number of nitrogens with zero attached hydrogens (tertiary/aromatic N) is 2. The van der Waals surface area contributed by atoms with Gasteiger partial charge in [0.25, 0.3) is 11.5 Å². The van der Waals surface area contributed by atoms with E-state index < -0.39 is 17.2 Å². The molecule has 1 aromatic carbocycles. The lowest BCUT2D eigenvalue weighted by molar-refractivity contribution is 0.0996. The second kappa shape index (κ2) is 6.10. The highest BCUT2D eigenvalue weighted by Crippen LogP contribution is 2.23. The minimum Gasteiger partial charge on any atom is -0.365 e. The Bertz CT molecular complexity index is 886. The van der Waals surface area contributed by atoms with Crippen LogP contribution in [0.2, 0.25) is 5.02 Å². The van der Waals surface area contributed by atoms with Gasteiger partial charge >= 0.3 is 5.69 Å². The lowest BCUT2D eigenvalue weighted by atomic mass is 10.1. The first-order valence-corrected chi connectivity index (χ1v) is 7.43. The van der Waals surface area contributed by atoms with Gasteiger partial charge in [0, 0.05) is 35.7 Å². The van der Waals surface area contributed by atoms with E-state index in [1.54, 1.807) is 18.2 Å². The topological polar surface area (TPSA) is 87.1 Å². The van der Waals surface area contributed by atoms with E-state index in [0.717, 1.165) is 9.04 Å². The van der Waals surface area contributed by atoms with Crippen LogP contribution in [0.25, 0.3) is 0 Å². The summed E-state index contributed by atoms with van der Waals surface area (Å²) >= 11 is 9.46. The quantitative estimate of drug-likeness (QED) is 0.859. The Morgan fingerprint density at radius 3 is 2.45 bits per heavy atom. The molecule has 2 rings (SSSR count). The molecule has 0 radical (unpaired) electrons. The van der Waals surface area contributed by atoms with Crippen LogP contribution in [0.1, 0.15) is 21.6 Å². The van der Waals surface area contributed by atoms with Gasteiger partial charge in [-0.25, -0.2) is 4.79 Å². The van der Waals surface area contributed by atoms with Gasteiger partial charge in [0.1, 0.15) is 5.56 Å². The first kappa shape index (κ1) is 16.5. The van der Waals surface area contributed by atoms with Crippen LogP contribution in [0.4, 0.5) is 0 Å². The predicted octanol–water partition coefficient (Wildman–Crippen LogP) is 1.19. The summed E-state index contributed by atoms with van der Waals surface area (Å²) in [5.74, 6) is -0.876. The number of primary amides is 1. The van der Waals surface area contributed by atoms with Crippen molar-refractivity contribution in [3.8, 4) is 0 Å². The number of halogens is 2. The van der Waals surface area contributed by atoms with Gasteiger partial charge < -0.3 is 5.73 Å². The minimum absolute atomic E-state index is 0.145. The van der Waals surface area contributed by atoms with Crippen molar-refractivity contribution in [2.75, 3.05) is 0 Å². The molecule has 0 unspecified atom stereocenters. The minimum atomic E-state index is -0.876. The summed E-state index contributed by atoms with van der Waals surface area (Å²) in [7, 11) is 2.78. The van der Waals surface area contributed by atoms with Crippen molar-refractivity contribution < 1.29 is 4.79 Å². The molecule has 8 heteroatoms. The van der Waals surface area contributed by atoms with Crippen LogP contribution in [0, 0.1) is 0 Å². The SMILES string of the molecule is Cn1c(Cc2ccc(Br)cc2Cl)c(C(N)=O)c(=O)n(C)c1=O. The van der Waals surface area contributed by atoms with Crippen LogP contribution < -0.4 is 17.0 Å². The molecule has 0 saturated carbocycles. The van der Waals surface area contributed by atoms with Crippen LogP contribution in [-0.2, 0) is 20.5 Å². The number of hydrogen-bond donors (Lipinski definition) is 1. The molecule has 0 aliphatic carbocycles. The number of carbonyl (C=O) groups is 1. The van der Waals surface area contributed by atoms with Gasteiger partial charge in [0.05, 0.1) is 0 Å². The van der Waals surface area contributed by atoms with E-state index in [0.29, 0.717) is 10.6 Å². The first-order chi connectivity index (χ1) is 10.2. The van der Waals surface area contributed by atoms with E-state index in [9.17, 15) is 14.4 Å². The number of benzene rings is 1. The molecule has 2 aromatic rings. The van der Waals surface area contributed by atoms with Crippen LogP contribution in [0.3, 0.4) is 0 Å². The lowest BCUT2D eigenvalue weighted by Crippen LogP contribution is -2.43. The average molecular weight is 387 g/mol. The molecule has 0 aliphatic rings. The van der Waals surface area contributed by atoms with Gasteiger partial charge in [-0.1, -0.05) is 33.6 Å². The molecular formula is C14H13BrClN3O3. The lowest BCUT2D eigenvalue weighted by Gasteiger charge is -2.14. The van der Waals surface area contributed by atoms with E-state index in [4.69, 9.17) is 17.3 Å². The molecule has 0 bridgehead atoms. The van der Waals surface area contributed by atoms with E-state index in [1.165, 1.54) is 18.7 Å². The molecule has 22 heavy (non-hydrogen) atoms. The number of hydrogen-bond acceptors (Lipinski definition) is 3. The highest BCUT2D eigenvalue weighted by molar-refractivity contribution is 9.10. The van der Waals surface area contributed by atoms with Crippen LogP contribution in [0.15, 0.2) is 32.3 Å². The molecule has 1 heterocycles. The van der Waals surface area contributed by atoms with Crippen molar-refractivity contribution in [1.82, 2.24) is 9.13 Å². The summed E-state index contributed by atoms with van der Waals surface area (Å²) in [6.07, 6.45) is 0.145. The zero-order valence-corrected chi connectivity index (χ0v) is 14.2. The van der Waals surface area contributed by atoms with Crippen molar-refractivity contribution in [3.63, 3.8) is 0 Å². The fraction of sp³-hybridized carbons (Fsp3) is 0.214. The Morgan fingerprint density at radius 1 is 1.27 bits per heavy atom. The Hall–Kier alpha value is -1.86. The second-order valence-corrected chi connectivity index (χ2v) is 6.13. The molecule has 116 valence electrons. The van der Waals surface area contributed by atoms with Gasteiger partial charge in [-0.3, -0.25) is 18.7 Å². The number of nitrogens with two attached hydrogens (primary N) is 1. The third-order valence-corrected chi connectivity index (χ3v) is 4.25. The van der Waals surface area contributed by atoms with E-state index in [1.807, 2.05) is 0 Å². The summed E-state index contributed by atoms with van der Waals surface area (Å²) < 4.78 is 2.89. The van der Waals surface area contributed by atoms with Gasteiger partial charge in [-0.2, -0.15) is 0 Å². The van der Waals surface area contributed by atoms with E-state index in [-0.39, 0.29) is 17.7 Å². The predicted molar refractivity (Wildman–Crippen MR) is 87.4 cm³/mol. The van der Waals surface area contributed by atoms with Gasteiger partial charge in [-0.15, -0.1) is 0 Å². The Balaban J connectivity index is 2.72. The molecule has 1 amide bonds. The van der Waals surface area contributed by atoms with Crippen LogP contribution in [0.5, 0.6) is 0 Å². The summed E-state index contributed by atoms with van der Waals surface area (Å²) in [5, 5.41) is 0.456. The maximum absolute atomic E-state index is 12.1. The van der Waals surface area contributed by atoms with Crippen molar-refractivity contribution in [1.29, 1.82) is 0 Å². The number of rotatable bonds is 3. The molecule has 0 atom stereocenters. The largest absolute Gasteiger partial charge is 0.365 e. The standard InChI is InChI=1S/C14H13BrClN3O3/c1-18-10(5-7-3-4-8(15)6-9(7)16)11(12(17)20)13(21)19(2)14(18)22/h3-4,6H,5H2,1-2H3,(H2,17,20). The smallest absolute Gasteiger partial charge is 0.330 e. The summed E-state index contributed by atoms with van der Waals surface area (Å²) in [6.45, 7) is 0. The number of carbonyl (C=O) groups excluding carboxylic acids is 1. The molecule has 0 aliphatic heterocycles. The Kier molecular flexibility index (Phi) is 4.58. The maximum Gasteiger partial charge on any atom is 0.330 e. The summed E-state index contributed by atoms with van der Waals surface area (Å²) in [5.41, 5.74) is 4.78. The van der Waals surface area contributed by atoms with E-state index in [2.05, 4.69) is 15.9 Å².